The Hall–Kier alpha value is -3.25. The Kier molecular flexibility index (Phi) is 4.10. The maximum atomic E-state index is 12.7. The molecule has 0 bridgehead atoms. The van der Waals surface area contributed by atoms with Crippen molar-refractivity contribution in [2.75, 3.05) is 12.4 Å². The zero-order valence-corrected chi connectivity index (χ0v) is 14.7. The number of benzene rings is 3. The summed E-state index contributed by atoms with van der Waals surface area (Å²) in [5, 5.41) is 5.24. The summed E-state index contributed by atoms with van der Waals surface area (Å²) in [6, 6.07) is 18.5. The Morgan fingerprint density at radius 3 is 2.69 bits per heavy atom. The molecule has 1 aromatic heterocycles. The molecule has 0 saturated carbocycles. The molecule has 5 nitrogen and oxygen atoms in total. The van der Waals surface area contributed by atoms with Crippen LogP contribution in [-0.2, 0) is 4.74 Å². The SMILES string of the molecule is COC(=O)c1ccc2nc(NC(=O)c3cccc4ccccc34)sc2c1. The zero-order chi connectivity index (χ0) is 18.1. The minimum absolute atomic E-state index is 0.214. The molecule has 1 amide bonds. The third-order valence-corrected chi connectivity index (χ3v) is 5.00. The number of methoxy groups -OCH3 is 1. The molecule has 4 aromatic rings. The number of rotatable bonds is 3. The van der Waals surface area contributed by atoms with E-state index in [1.165, 1.54) is 18.4 Å². The molecule has 0 aliphatic heterocycles. The molecule has 0 saturated heterocycles. The van der Waals surface area contributed by atoms with Crippen molar-refractivity contribution >= 4 is 49.3 Å². The fourth-order valence-electron chi connectivity index (χ4n) is 2.81. The summed E-state index contributed by atoms with van der Waals surface area (Å²) in [4.78, 5) is 28.8. The van der Waals surface area contributed by atoms with Crippen molar-refractivity contribution in [3.8, 4) is 0 Å². The van der Waals surface area contributed by atoms with E-state index in [0.29, 0.717) is 16.3 Å². The van der Waals surface area contributed by atoms with Crippen LogP contribution in [0.2, 0.25) is 0 Å². The number of amides is 1. The lowest BCUT2D eigenvalue weighted by Crippen LogP contribution is -2.12. The predicted molar refractivity (Wildman–Crippen MR) is 103 cm³/mol. The van der Waals surface area contributed by atoms with Crippen molar-refractivity contribution in [2.24, 2.45) is 0 Å². The fraction of sp³-hybridized carbons (Fsp3) is 0.0500. The molecule has 0 radical (unpaired) electrons. The number of esters is 1. The van der Waals surface area contributed by atoms with Gasteiger partial charge in [-0.15, -0.1) is 0 Å². The third kappa shape index (κ3) is 2.91. The van der Waals surface area contributed by atoms with Crippen LogP contribution in [0.25, 0.3) is 21.0 Å². The van der Waals surface area contributed by atoms with Crippen LogP contribution in [0.4, 0.5) is 5.13 Å². The molecule has 1 N–H and O–H groups in total. The summed E-state index contributed by atoms with van der Waals surface area (Å²) in [7, 11) is 1.34. The number of thiazole rings is 1. The van der Waals surface area contributed by atoms with Crippen LogP contribution in [0.15, 0.2) is 60.7 Å². The van der Waals surface area contributed by atoms with E-state index >= 15 is 0 Å². The minimum Gasteiger partial charge on any atom is -0.465 e. The Labute approximate surface area is 153 Å². The number of carbonyl (C=O) groups excluding carboxylic acids is 2. The van der Waals surface area contributed by atoms with Gasteiger partial charge in [0, 0.05) is 5.56 Å². The summed E-state index contributed by atoms with van der Waals surface area (Å²) in [5.74, 6) is -0.615. The topological polar surface area (TPSA) is 68.3 Å². The molecule has 0 unspecified atom stereocenters. The van der Waals surface area contributed by atoms with E-state index in [-0.39, 0.29) is 5.91 Å². The van der Waals surface area contributed by atoms with Crippen LogP contribution in [0.3, 0.4) is 0 Å². The van der Waals surface area contributed by atoms with Crippen LogP contribution < -0.4 is 5.32 Å². The Bertz CT molecular complexity index is 1140. The van der Waals surface area contributed by atoms with E-state index in [1.54, 1.807) is 24.3 Å². The standard InChI is InChI=1S/C20H14N2O3S/c1-25-19(24)13-9-10-16-17(11-13)26-20(21-16)22-18(23)15-8-4-6-12-5-2-3-7-14(12)15/h2-11H,1H3,(H,21,22,23). The van der Waals surface area contributed by atoms with Crippen LogP contribution >= 0.6 is 11.3 Å². The van der Waals surface area contributed by atoms with E-state index in [4.69, 9.17) is 4.74 Å². The lowest BCUT2D eigenvalue weighted by atomic mass is 10.0. The van der Waals surface area contributed by atoms with Gasteiger partial charge in [-0.25, -0.2) is 9.78 Å². The molecule has 0 aliphatic carbocycles. The van der Waals surface area contributed by atoms with Crippen molar-refractivity contribution in [3.63, 3.8) is 0 Å². The third-order valence-electron chi connectivity index (χ3n) is 4.06. The molecule has 26 heavy (non-hydrogen) atoms. The normalized spacial score (nSPS) is 10.8. The van der Waals surface area contributed by atoms with Crippen LogP contribution in [-0.4, -0.2) is 24.0 Å². The smallest absolute Gasteiger partial charge is 0.337 e. The summed E-state index contributed by atoms with van der Waals surface area (Å²) in [5.41, 5.74) is 1.77. The van der Waals surface area contributed by atoms with Gasteiger partial charge in [0.15, 0.2) is 5.13 Å². The Morgan fingerprint density at radius 2 is 1.85 bits per heavy atom. The number of anilines is 1. The Morgan fingerprint density at radius 1 is 1.04 bits per heavy atom. The lowest BCUT2D eigenvalue weighted by Gasteiger charge is -2.05. The first-order valence-corrected chi connectivity index (χ1v) is 8.75. The second-order valence-corrected chi connectivity index (χ2v) is 6.70. The van der Waals surface area contributed by atoms with Crippen molar-refractivity contribution in [1.29, 1.82) is 0 Å². The summed E-state index contributed by atoms with van der Waals surface area (Å²) in [6.07, 6.45) is 0. The van der Waals surface area contributed by atoms with Gasteiger partial charge < -0.3 is 4.74 Å². The number of hydrogen-bond donors (Lipinski definition) is 1. The number of nitrogens with zero attached hydrogens (tertiary/aromatic N) is 1. The molecule has 128 valence electrons. The number of carbonyl (C=O) groups is 2. The number of aromatic nitrogens is 1. The molecule has 0 atom stereocenters. The molecular weight excluding hydrogens is 348 g/mol. The van der Waals surface area contributed by atoms with E-state index in [1.807, 2.05) is 36.4 Å². The van der Waals surface area contributed by atoms with Crippen LogP contribution in [0.5, 0.6) is 0 Å². The average Bonchev–Trinajstić information content (AvgIpc) is 3.08. The first-order valence-electron chi connectivity index (χ1n) is 7.94. The number of fused-ring (bicyclic) bond motifs is 2. The molecule has 1 heterocycles. The highest BCUT2D eigenvalue weighted by molar-refractivity contribution is 7.22. The van der Waals surface area contributed by atoms with Gasteiger partial charge in [-0.3, -0.25) is 10.1 Å². The second-order valence-electron chi connectivity index (χ2n) is 5.67. The van der Waals surface area contributed by atoms with Crippen molar-refractivity contribution in [2.45, 2.75) is 0 Å². The maximum Gasteiger partial charge on any atom is 0.337 e. The fourth-order valence-corrected chi connectivity index (χ4v) is 3.71. The number of nitrogens with one attached hydrogen (secondary N) is 1. The lowest BCUT2D eigenvalue weighted by molar-refractivity contribution is 0.0601. The number of ether oxygens (including phenoxy) is 1. The van der Waals surface area contributed by atoms with Gasteiger partial charge in [-0.05, 0) is 35.0 Å². The van der Waals surface area contributed by atoms with Gasteiger partial charge in [-0.1, -0.05) is 47.7 Å². The van der Waals surface area contributed by atoms with Gasteiger partial charge in [0.25, 0.3) is 5.91 Å². The maximum absolute atomic E-state index is 12.7. The molecule has 0 fully saturated rings. The largest absolute Gasteiger partial charge is 0.465 e. The molecular formula is C20H14N2O3S. The van der Waals surface area contributed by atoms with Gasteiger partial charge in [0.05, 0.1) is 22.9 Å². The average molecular weight is 362 g/mol. The van der Waals surface area contributed by atoms with E-state index in [9.17, 15) is 9.59 Å². The van der Waals surface area contributed by atoms with E-state index in [2.05, 4.69) is 10.3 Å². The van der Waals surface area contributed by atoms with Gasteiger partial charge in [-0.2, -0.15) is 0 Å². The second kappa shape index (κ2) is 6.57. The van der Waals surface area contributed by atoms with Gasteiger partial charge in [0.2, 0.25) is 0 Å². The molecule has 0 spiro atoms. The first kappa shape index (κ1) is 16.2. The van der Waals surface area contributed by atoms with Crippen LogP contribution in [0.1, 0.15) is 20.7 Å². The molecule has 3 aromatic carbocycles. The van der Waals surface area contributed by atoms with Gasteiger partial charge in [0.1, 0.15) is 0 Å². The Balaban J connectivity index is 1.66. The highest BCUT2D eigenvalue weighted by Crippen LogP contribution is 2.28. The van der Waals surface area contributed by atoms with Gasteiger partial charge >= 0.3 is 5.97 Å². The minimum atomic E-state index is -0.401. The predicted octanol–water partition coefficient (Wildman–Crippen LogP) is 4.49. The molecule has 6 heteroatoms. The quantitative estimate of drug-likeness (QED) is 0.545. The van der Waals surface area contributed by atoms with Crippen molar-refractivity contribution in [3.05, 3.63) is 71.8 Å². The highest BCUT2D eigenvalue weighted by atomic mass is 32.1. The summed E-state index contributed by atoms with van der Waals surface area (Å²) < 4.78 is 5.54. The monoisotopic (exact) mass is 362 g/mol. The highest BCUT2D eigenvalue weighted by Gasteiger charge is 2.14. The number of hydrogen-bond acceptors (Lipinski definition) is 5. The van der Waals surface area contributed by atoms with Crippen LogP contribution in [0, 0.1) is 0 Å². The van der Waals surface area contributed by atoms with E-state index in [0.717, 1.165) is 21.0 Å². The van der Waals surface area contributed by atoms with Crippen molar-refractivity contribution in [1.82, 2.24) is 4.98 Å². The molecule has 4 rings (SSSR count). The summed E-state index contributed by atoms with van der Waals surface area (Å²) >= 11 is 1.32. The zero-order valence-electron chi connectivity index (χ0n) is 13.9. The van der Waals surface area contributed by atoms with Crippen molar-refractivity contribution < 1.29 is 14.3 Å². The van der Waals surface area contributed by atoms with E-state index < -0.39 is 5.97 Å². The first-order chi connectivity index (χ1) is 12.7. The molecule has 0 aliphatic rings. The summed E-state index contributed by atoms with van der Waals surface area (Å²) in [6.45, 7) is 0.